The summed E-state index contributed by atoms with van der Waals surface area (Å²) in [5, 5.41) is 3.22. The van der Waals surface area contributed by atoms with Crippen molar-refractivity contribution in [3.63, 3.8) is 0 Å². The molecule has 1 aliphatic rings. The highest BCUT2D eigenvalue weighted by Crippen LogP contribution is 2.22. The lowest BCUT2D eigenvalue weighted by molar-refractivity contribution is 0.0947. The van der Waals surface area contributed by atoms with Gasteiger partial charge in [-0.15, -0.1) is 0 Å². The van der Waals surface area contributed by atoms with Gasteiger partial charge in [0.05, 0.1) is 12.7 Å². The Bertz CT molecular complexity index is 1190. The van der Waals surface area contributed by atoms with Crippen LogP contribution in [0.25, 0.3) is 11.1 Å². The van der Waals surface area contributed by atoms with E-state index in [9.17, 15) is 9.59 Å². The third kappa shape index (κ3) is 5.09. The summed E-state index contributed by atoms with van der Waals surface area (Å²) in [5.74, 6) is 1.25. The SMILES string of the molecule is COc1ccc(N2CCN(CCNC(=O)c3c(C)oc4ncn(CC(C)C)c(=O)c34)CC2)cc1. The third-order valence-corrected chi connectivity index (χ3v) is 6.17. The van der Waals surface area contributed by atoms with Gasteiger partial charge in [-0.2, -0.15) is 0 Å². The van der Waals surface area contributed by atoms with E-state index in [1.165, 1.54) is 12.0 Å². The summed E-state index contributed by atoms with van der Waals surface area (Å²) in [4.78, 5) is 34.9. The van der Waals surface area contributed by atoms with E-state index in [1.807, 2.05) is 26.0 Å². The first-order chi connectivity index (χ1) is 16.4. The number of fused-ring (bicyclic) bond motifs is 1. The Morgan fingerprint density at radius 2 is 1.88 bits per heavy atom. The van der Waals surface area contributed by atoms with Gasteiger partial charge in [-0.1, -0.05) is 13.8 Å². The van der Waals surface area contributed by atoms with Crippen molar-refractivity contribution >= 4 is 22.7 Å². The predicted molar refractivity (Wildman–Crippen MR) is 132 cm³/mol. The zero-order valence-corrected chi connectivity index (χ0v) is 20.3. The fraction of sp³-hybridized carbons (Fsp3) is 0.480. The van der Waals surface area contributed by atoms with E-state index in [1.54, 1.807) is 18.6 Å². The summed E-state index contributed by atoms with van der Waals surface area (Å²) in [6.45, 7) is 11.2. The minimum absolute atomic E-state index is 0.210. The summed E-state index contributed by atoms with van der Waals surface area (Å²) in [6, 6.07) is 8.12. The third-order valence-electron chi connectivity index (χ3n) is 6.17. The van der Waals surface area contributed by atoms with E-state index in [-0.39, 0.29) is 34.0 Å². The zero-order valence-electron chi connectivity index (χ0n) is 20.3. The maximum atomic E-state index is 13.0. The molecule has 1 amide bonds. The molecule has 9 nitrogen and oxygen atoms in total. The summed E-state index contributed by atoms with van der Waals surface area (Å²) < 4.78 is 12.4. The number of amides is 1. The molecule has 0 radical (unpaired) electrons. The number of aryl methyl sites for hydroxylation is 1. The second-order valence-corrected chi connectivity index (χ2v) is 9.09. The van der Waals surface area contributed by atoms with Crippen molar-refractivity contribution in [2.75, 3.05) is 51.3 Å². The first-order valence-corrected chi connectivity index (χ1v) is 11.8. The van der Waals surface area contributed by atoms with Gasteiger partial charge in [-0.25, -0.2) is 4.98 Å². The smallest absolute Gasteiger partial charge is 0.265 e. The highest BCUT2D eigenvalue weighted by atomic mass is 16.5. The summed E-state index contributed by atoms with van der Waals surface area (Å²) in [5.41, 5.74) is 1.44. The number of piperazine rings is 1. The van der Waals surface area contributed by atoms with Crippen LogP contribution in [0.15, 0.2) is 39.8 Å². The van der Waals surface area contributed by atoms with Crippen LogP contribution in [-0.4, -0.2) is 66.7 Å². The van der Waals surface area contributed by atoms with E-state index >= 15 is 0 Å². The van der Waals surface area contributed by atoms with Crippen LogP contribution in [-0.2, 0) is 6.54 Å². The van der Waals surface area contributed by atoms with Crippen LogP contribution in [0.4, 0.5) is 5.69 Å². The lowest BCUT2D eigenvalue weighted by Gasteiger charge is -2.36. The van der Waals surface area contributed by atoms with Gasteiger partial charge >= 0.3 is 0 Å². The van der Waals surface area contributed by atoms with Gasteiger partial charge in [0, 0.05) is 51.5 Å². The number of furan rings is 1. The maximum absolute atomic E-state index is 13.0. The molecule has 1 aromatic carbocycles. The number of nitrogens with zero attached hydrogens (tertiary/aromatic N) is 4. The molecule has 0 aliphatic carbocycles. The lowest BCUT2D eigenvalue weighted by atomic mass is 10.1. The molecule has 182 valence electrons. The Morgan fingerprint density at radius 3 is 2.53 bits per heavy atom. The molecule has 1 N–H and O–H groups in total. The van der Waals surface area contributed by atoms with Crippen LogP contribution in [0, 0.1) is 12.8 Å². The number of carbonyl (C=O) groups excluding carboxylic acids is 1. The molecule has 0 spiro atoms. The largest absolute Gasteiger partial charge is 0.497 e. The van der Waals surface area contributed by atoms with Gasteiger partial charge in [0.15, 0.2) is 0 Å². The van der Waals surface area contributed by atoms with Crippen LogP contribution in [0.3, 0.4) is 0 Å². The lowest BCUT2D eigenvalue weighted by Crippen LogP contribution is -2.48. The van der Waals surface area contributed by atoms with Crippen LogP contribution >= 0.6 is 0 Å². The maximum Gasteiger partial charge on any atom is 0.265 e. The molecule has 3 heterocycles. The highest BCUT2D eigenvalue weighted by Gasteiger charge is 2.23. The van der Waals surface area contributed by atoms with Gasteiger partial charge in [-0.05, 0) is 37.1 Å². The standard InChI is InChI=1S/C25H33N5O4/c1-17(2)15-30-16-27-24-22(25(30)32)21(18(3)34-24)23(31)26-9-10-28-11-13-29(14-12-28)19-5-7-20(33-4)8-6-19/h5-8,16-17H,9-15H2,1-4H3,(H,26,31). The molecule has 1 fully saturated rings. The van der Waals surface area contributed by atoms with Crippen LogP contribution < -0.4 is 20.5 Å². The normalized spacial score (nSPS) is 14.7. The van der Waals surface area contributed by atoms with Crippen molar-refractivity contribution in [1.29, 1.82) is 0 Å². The van der Waals surface area contributed by atoms with Crippen LogP contribution in [0.1, 0.15) is 30.0 Å². The Labute approximate surface area is 199 Å². The summed E-state index contributed by atoms with van der Waals surface area (Å²) >= 11 is 0. The molecule has 0 bridgehead atoms. The number of rotatable bonds is 8. The first-order valence-electron chi connectivity index (χ1n) is 11.8. The topological polar surface area (TPSA) is 92.8 Å². The number of nitrogens with one attached hydrogen (secondary N) is 1. The monoisotopic (exact) mass is 467 g/mol. The first kappa shape index (κ1) is 23.8. The molecule has 0 unspecified atom stereocenters. The second kappa shape index (κ2) is 10.3. The highest BCUT2D eigenvalue weighted by molar-refractivity contribution is 6.06. The zero-order chi connectivity index (χ0) is 24.2. The number of anilines is 1. The molecule has 1 aliphatic heterocycles. The Balaban J connectivity index is 1.34. The van der Waals surface area contributed by atoms with E-state index in [4.69, 9.17) is 9.15 Å². The van der Waals surface area contributed by atoms with Crippen molar-refractivity contribution in [2.24, 2.45) is 5.92 Å². The van der Waals surface area contributed by atoms with Gasteiger partial charge in [0.2, 0.25) is 5.71 Å². The number of methoxy groups -OCH3 is 1. The number of carbonyl (C=O) groups is 1. The van der Waals surface area contributed by atoms with E-state index < -0.39 is 0 Å². The fourth-order valence-corrected chi connectivity index (χ4v) is 4.37. The van der Waals surface area contributed by atoms with E-state index in [0.717, 1.165) is 38.5 Å². The van der Waals surface area contributed by atoms with Crippen molar-refractivity contribution in [1.82, 2.24) is 19.8 Å². The van der Waals surface area contributed by atoms with Crippen molar-refractivity contribution in [3.8, 4) is 5.75 Å². The molecule has 2 aromatic heterocycles. The van der Waals surface area contributed by atoms with E-state index in [0.29, 0.717) is 18.8 Å². The average molecular weight is 468 g/mol. The Morgan fingerprint density at radius 1 is 1.18 bits per heavy atom. The summed E-state index contributed by atoms with van der Waals surface area (Å²) in [6.07, 6.45) is 1.49. The molecular weight excluding hydrogens is 434 g/mol. The van der Waals surface area contributed by atoms with Crippen molar-refractivity contribution < 1.29 is 13.9 Å². The summed E-state index contributed by atoms with van der Waals surface area (Å²) in [7, 11) is 1.67. The predicted octanol–water partition coefficient (Wildman–Crippen LogP) is 2.51. The molecule has 3 aromatic rings. The van der Waals surface area contributed by atoms with Crippen LogP contribution in [0.5, 0.6) is 5.75 Å². The number of ether oxygens (including phenoxy) is 1. The quantitative estimate of drug-likeness (QED) is 0.544. The van der Waals surface area contributed by atoms with Crippen LogP contribution in [0.2, 0.25) is 0 Å². The van der Waals surface area contributed by atoms with Crippen molar-refractivity contribution in [2.45, 2.75) is 27.3 Å². The number of hydrogen-bond acceptors (Lipinski definition) is 7. The second-order valence-electron chi connectivity index (χ2n) is 9.09. The minimum Gasteiger partial charge on any atom is -0.497 e. The minimum atomic E-state index is -0.297. The number of benzene rings is 1. The van der Waals surface area contributed by atoms with Crippen molar-refractivity contribution in [3.05, 3.63) is 52.3 Å². The molecular formula is C25H33N5O4. The molecule has 0 atom stereocenters. The van der Waals surface area contributed by atoms with E-state index in [2.05, 4.69) is 32.2 Å². The van der Waals surface area contributed by atoms with Gasteiger partial charge in [-0.3, -0.25) is 19.1 Å². The van der Waals surface area contributed by atoms with Gasteiger partial charge in [0.25, 0.3) is 11.5 Å². The fourth-order valence-electron chi connectivity index (χ4n) is 4.37. The number of hydrogen-bond donors (Lipinski definition) is 1. The van der Waals surface area contributed by atoms with Gasteiger partial charge in [0.1, 0.15) is 23.2 Å². The molecule has 0 saturated carbocycles. The molecule has 34 heavy (non-hydrogen) atoms. The molecule has 1 saturated heterocycles. The number of aromatic nitrogens is 2. The Kier molecular flexibility index (Phi) is 7.21. The average Bonchev–Trinajstić information content (AvgIpc) is 3.18. The molecule has 4 rings (SSSR count). The Hall–Kier alpha value is -3.33. The van der Waals surface area contributed by atoms with Gasteiger partial charge < -0.3 is 19.4 Å². The molecule has 9 heteroatoms.